The molecule has 0 aliphatic carbocycles. The summed E-state index contributed by atoms with van der Waals surface area (Å²) in [7, 11) is 0. The lowest BCUT2D eigenvalue weighted by atomic mass is 10.0. The molecule has 2 rings (SSSR count). The van der Waals surface area contributed by atoms with Gasteiger partial charge in [0.25, 0.3) is 0 Å². The fraction of sp³-hybridized carbons (Fsp3) is 0.231. The monoisotopic (exact) mass is 236 g/mol. The number of hydrogen-bond acceptors (Lipinski definition) is 1. The van der Waals surface area contributed by atoms with Crippen LogP contribution in [0.15, 0.2) is 48.8 Å². The maximum atomic E-state index is 5.63. The van der Waals surface area contributed by atoms with Crippen LogP contribution in [0.2, 0.25) is 0 Å². The molecule has 1 unspecified atom stereocenters. The molecular formula is C13H17ClN2. The van der Waals surface area contributed by atoms with E-state index in [0.29, 0.717) is 12.5 Å². The third-order valence-electron chi connectivity index (χ3n) is 2.72. The van der Waals surface area contributed by atoms with Crippen LogP contribution in [0.25, 0.3) is 5.69 Å². The summed E-state index contributed by atoms with van der Waals surface area (Å²) in [4.78, 5) is 0. The average molecular weight is 237 g/mol. The number of hydrogen-bond donors (Lipinski definition) is 1. The van der Waals surface area contributed by atoms with E-state index in [1.165, 1.54) is 11.3 Å². The summed E-state index contributed by atoms with van der Waals surface area (Å²) < 4.78 is 2.09. The fourth-order valence-electron chi connectivity index (χ4n) is 1.62. The Hall–Kier alpha value is -1.25. The van der Waals surface area contributed by atoms with E-state index in [-0.39, 0.29) is 12.4 Å². The molecule has 0 bridgehead atoms. The second kappa shape index (κ2) is 5.73. The van der Waals surface area contributed by atoms with Crippen LogP contribution in [-0.4, -0.2) is 11.1 Å². The molecule has 1 heterocycles. The predicted octanol–water partition coefficient (Wildman–Crippen LogP) is 2.96. The molecule has 1 atom stereocenters. The van der Waals surface area contributed by atoms with E-state index in [4.69, 9.17) is 5.73 Å². The van der Waals surface area contributed by atoms with Gasteiger partial charge in [-0.25, -0.2) is 0 Å². The van der Waals surface area contributed by atoms with Crippen molar-refractivity contribution >= 4 is 12.4 Å². The number of halogens is 1. The molecule has 3 heteroatoms. The summed E-state index contributed by atoms with van der Waals surface area (Å²) >= 11 is 0. The first-order valence-electron chi connectivity index (χ1n) is 5.24. The lowest BCUT2D eigenvalue weighted by molar-refractivity contribution is 0.773. The highest BCUT2D eigenvalue weighted by Crippen LogP contribution is 2.16. The van der Waals surface area contributed by atoms with Crippen LogP contribution < -0.4 is 5.73 Å². The van der Waals surface area contributed by atoms with Gasteiger partial charge in [0, 0.05) is 18.1 Å². The van der Waals surface area contributed by atoms with Crippen LogP contribution in [0.3, 0.4) is 0 Å². The van der Waals surface area contributed by atoms with Gasteiger partial charge in [0.2, 0.25) is 0 Å². The molecular weight excluding hydrogens is 220 g/mol. The molecule has 0 saturated carbocycles. The van der Waals surface area contributed by atoms with Gasteiger partial charge in [-0.3, -0.25) is 0 Å². The normalized spacial score (nSPS) is 11.9. The Labute approximate surface area is 102 Å². The van der Waals surface area contributed by atoms with Gasteiger partial charge in [-0.05, 0) is 42.3 Å². The molecule has 0 radical (unpaired) electrons. The second-order valence-electron chi connectivity index (χ2n) is 3.82. The zero-order valence-electron chi connectivity index (χ0n) is 9.34. The standard InChI is InChI=1S/C13H16N2.ClH/c1-11(10-14)12-4-6-13(7-5-12)15-8-2-3-9-15;/h2-9,11H,10,14H2,1H3;1H. The Balaban J connectivity index is 0.00000128. The van der Waals surface area contributed by atoms with Crippen LogP contribution in [0.5, 0.6) is 0 Å². The lowest BCUT2D eigenvalue weighted by Gasteiger charge is -2.10. The van der Waals surface area contributed by atoms with E-state index < -0.39 is 0 Å². The number of rotatable bonds is 3. The molecule has 0 fully saturated rings. The number of nitrogens with zero attached hydrogens (tertiary/aromatic N) is 1. The van der Waals surface area contributed by atoms with E-state index >= 15 is 0 Å². The van der Waals surface area contributed by atoms with Gasteiger partial charge in [-0.15, -0.1) is 12.4 Å². The SMILES string of the molecule is CC(CN)c1ccc(-n2cccc2)cc1.Cl. The van der Waals surface area contributed by atoms with Crippen molar-refractivity contribution in [2.24, 2.45) is 5.73 Å². The van der Waals surface area contributed by atoms with Crippen molar-refractivity contribution in [3.05, 3.63) is 54.4 Å². The van der Waals surface area contributed by atoms with Crippen LogP contribution in [-0.2, 0) is 0 Å². The van der Waals surface area contributed by atoms with Crippen molar-refractivity contribution in [3.63, 3.8) is 0 Å². The van der Waals surface area contributed by atoms with E-state index in [1.54, 1.807) is 0 Å². The fourth-order valence-corrected chi connectivity index (χ4v) is 1.62. The quantitative estimate of drug-likeness (QED) is 0.873. The largest absolute Gasteiger partial charge is 0.330 e. The molecule has 1 aromatic heterocycles. The minimum Gasteiger partial charge on any atom is -0.330 e. The van der Waals surface area contributed by atoms with E-state index in [1.807, 2.05) is 24.5 Å². The zero-order chi connectivity index (χ0) is 10.7. The lowest BCUT2D eigenvalue weighted by Crippen LogP contribution is -2.08. The summed E-state index contributed by atoms with van der Waals surface area (Å²) in [6.45, 7) is 2.84. The highest BCUT2D eigenvalue weighted by Gasteiger charge is 2.02. The topological polar surface area (TPSA) is 30.9 Å². The molecule has 0 aliphatic rings. The van der Waals surface area contributed by atoms with Crippen molar-refractivity contribution in [2.45, 2.75) is 12.8 Å². The number of aromatic nitrogens is 1. The second-order valence-corrected chi connectivity index (χ2v) is 3.82. The molecule has 1 aromatic carbocycles. The highest BCUT2D eigenvalue weighted by molar-refractivity contribution is 5.85. The van der Waals surface area contributed by atoms with Crippen LogP contribution >= 0.6 is 12.4 Å². The maximum absolute atomic E-state index is 5.63. The van der Waals surface area contributed by atoms with Crippen LogP contribution in [0.1, 0.15) is 18.4 Å². The van der Waals surface area contributed by atoms with Crippen LogP contribution in [0.4, 0.5) is 0 Å². The molecule has 0 amide bonds. The van der Waals surface area contributed by atoms with E-state index in [9.17, 15) is 0 Å². The zero-order valence-corrected chi connectivity index (χ0v) is 10.2. The average Bonchev–Trinajstić information content (AvgIpc) is 2.82. The third kappa shape index (κ3) is 2.65. The molecule has 2 aromatic rings. The van der Waals surface area contributed by atoms with Gasteiger partial charge in [0.05, 0.1) is 0 Å². The summed E-state index contributed by atoms with van der Waals surface area (Å²) in [5, 5.41) is 0. The van der Waals surface area contributed by atoms with Crippen molar-refractivity contribution < 1.29 is 0 Å². The number of benzene rings is 1. The van der Waals surface area contributed by atoms with Gasteiger partial charge >= 0.3 is 0 Å². The van der Waals surface area contributed by atoms with E-state index in [2.05, 4.69) is 35.8 Å². The summed E-state index contributed by atoms with van der Waals surface area (Å²) in [5.74, 6) is 0.434. The van der Waals surface area contributed by atoms with Crippen molar-refractivity contribution in [2.75, 3.05) is 6.54 Å². The summed E-state index contributed by atoms with van der Waals surface area (Å²) in [6, 6.07) is 12.6. The first-order valence-corrected chi connectivity index (χ1v) is 5.24. The molecule has 16 heavy (non-hydrogen) atoms. The minimum atomic E-state index is 0. The molecule has 0 aliphatic heterocycles. The Morgan fingerprint density at radius 3 is 2.19 bits per heavy atom. The first kappa shape index (κ1) is 12.8. The van der Waals surface area contributed by atoms with E-state index in [0.717, 1.165) is 0 Å². The van der Waals surface area contributed by atoms with Gasteiger partial charge in [-0.1, -0.05) is 19.1 Å². The highest BCUT2D eigenvalue weighted by atomic mass is 35.5. The molecule has 2 N–H and O–H groups in total. The van der Waals surface area contributed by atoms with Crippen molar-refractivity contribution in [3.8, 4) is 5.69 Å². The minimum absolute atomic E-state index is 0. The Bertz CT molecular complexity index is 406. The molecule has 2 nitrogen and oxygen atoms in total. The Kier molecular flexibility index (Phi) is 4.59. The Morgan fingerprint density at radius 2 is 1.69 bits per heavy atom. The van der Waals surface area contributed by atoms with Gasteiger partial charge < -0.3 is 10.3 Å². The number of nitrogens with two attached hydrogens (primary N) is 1. The predicted molar refractivity (Wildman–Crippen MR) is 70.5 cm³/mol. The van der Waals surface area contributed by atoms with Gasteiger partial charge in [0.15, 0.2) is 0 Å². The van der Waals surface area contributed by atoms with Crippen molar-refractivity contribution in [1.82, 2.24) is 4.57 Å². The van der Waals surface area contributed by atoms with Gasteiger partial charge in [0.1, 0.15) is 0 Å². The van der Waals surface area contributed by atoms with Crippen LogP contribution in [0, 0.1) is 0 Å². The van der Waals surface area contributed by atoms with Crippen molar-refractivity contribution in [1.29, 1.82) is 0 Å². The Morgan fingerprint density at radius 1 is 1.12 bits per heavy atom. The molecule has 86 valence electrons. The first-order chi connectivity index (χ1) is 7.31. The summed E-state index contributed by atoms with van der Waals surface area (Å²) in [5.41, 5.74) is 8.12. The third-order valence-corrected chi connectivity index (χ3v) is 2.72. The summed E-state index contributed by atoms with van der Waals surface area (Å²) in [6.07, 6.45) is 4.09. The molecule has 0 spiro atoms. The maximum Gasteiger partial charge on any atom is 0.0449 e. The van der Waals surface area contributed by atoms with Gasteiger partial charge in [-0.2, -0.15) is 0 Å². The molecule has 0 saturated heterocycles. The smallest absolute Gasteiger partial charge is 0.0449 e.